The van der Waals surface area contributed by atoms with Gasteiger partial charge >= 0.3 is 0 Å². The number of nitrogens with one attached hydrogen (secondary N) is 3. The number of benzene rings is 1. The Morgan fingerprint density at radius 3 is 2.46 bits per heavy atom. The van der Waals surface area contributed by atoms with Crippen molar-refractivity contribution in [2.24, 2.45) is 0 Å². The molecule has 3 N–H and O–H groups in total. The summed E-state index contributed by atoms with van der Waals surface area (Å²) in [4.78, 5) is 21.6. The summed E-state index contributed by atoms with van der Waals surface area (Å²) in [5.41, 5.74) is -0.374. The van der Waals surface area contributed by atoms with Crippen molar-refractivity contribution >= 4 is 31.6 Å². The molecule has 12 nitrogen and oxygen atoms in total. The summed E-state index contributed by atoms with van der Waals surface area (Å²) in [5, 5.41) is 12.6. The number of furan rings is 1. The molecular weight excluding hydrogens is 416 g/mol. The topological polar surface area (TPSA) is 178 Å². The third-order valence-corrected chi connectivity index (χ3v) is 6.13. The molecule has 0 radical (unpaired) electrons. The lowest BCUT2D eigenvalue weighted by atomic mass is 10.3. The minimum atomic E-state index is -4.01. The summed E-state index contributed by atoms with van der Waals surface area (Å²) < 4.78 is 56.5. The first-order valence-corrected chi connectivity index (χ1v) is 10.6. The van der Waals surface area contributed by atoms with Gasteiger partial charge < -0.3 is 9.73 Å². The number of amides is 1. The maximum Gasteiger partial charge on any atom is 0.287 e. The Morgan fingerprint density at radius 1 is 1.11 bits per heavy atom. The maximum atomic E-state index is 12.1. The quantitative estimate of drug-likeness (QED) is 0.277. The lowest BCUT2D eigenvalue weighted by Gasteiger charge is -2.07. The third kappa shape index (κ3) is 5.13. The monoisotopic (exact) mass is 432 g/mol. The van der Waals surface area contributed by atoms with Crippen LogP contribution >= 0.6 is 0 Å². The van der Waals surface area contributed by atoms with E-state index in [-0.39, 0.29) is 29.4 Å². The zero-order valence-corrected chi connectivity index (χ0v) is 16.0. The molecule has 0 saturated carbocycles. The van der Waals surface area contributed by atoms with Gasteiger partial charge in [0.25, 0.3) is 21.6 Å². The Balaban J connectivity index is 1.92. The molecule has 0 spiro atoms. The van der Waals surface area contributed by atoms with Gasteiger partial charge in [-0.3, -0.25) is 14.9 Å². The first-order valence-electron chi connectivity index (χ1n) is 7.62. The number of nitro benzene ring substituents is 1. The number of nitro groups is 1. The second-order valence-electron chi connectivity index (χ2n) is 5.23. The van der Waals surface area contributed by atoms with Gasteiger partial charge in [-0.1, -0.05) is 6.07 Å². The number of nitrogens with zero attached hydrogens (tertiary/aromatic N) is 1. The van der Waals surface area contributed by atoms with Gasteiger partial charge in [-0.2, -0.15) is 0 Å². The zero-order chi connectivity index (χ0) is 20.9. The molecule has 0 atom stereocenters. The average Bonchev–Trinajstić information content (AvgIpc) is 3.16. The molecule has 28 heavy (non-hydrogen) atoms. The largest absolute Gasteiger partial charge is 0.438 e. The van der Waals surface area contributed by atoms with Gasteiger partial charge in [0.2, 0.25) is 15.1 Å². The highest BCUT2D eigenvalue weighted by Gasteiger charge is 2.20. The van der Waals surface area contributed by atoms with E-state index in [9.17, 15) is 31.7 Å². The van der Waals surface area contributed by atoms with Crippen LogP contribution in [0.25, 0.3) is 0 Å². The Labute approximate surface area is 160 Å². The van der Waals surface area contributed by atoms with E-state index in [2.05, 4.69) is 10.0 Å². The second kappa shape index (κ2) is 8.47. The van der Waals surface area contributed by atoms with Crippen molar-refractivity contribution in [1.82, 2.24) is 14.8 Å². The van der Waals surface area contributed by atoms with Crippen LogP contribution in [0.2, 0.25) is 0 Å². The first-order chi connectivity index (χ1) is 13.1. The van der Waals surface area contributed by atoms with Crippen molar-refractivity contribution in [1.29, 1.82) is 0 Å². The fourth-order valence-electron chi connectivity index (χ4n) is 1.98. The highest BCUT2D eigenvalue weighted by Crippen LogP contribution is 2.17. The van der Waals surface area contributed by atoms with Crippen molar-refractivity contribution in [2.75, 3.05) is 20.1 Å². The molecule has 0 saturated heterocycles. The van der Waals surface area contributed by atoms with Crippen molar-refractivity contribution in [3.8, 4) is 0 Å². The lowest BCUT2D eigenvalue weighted by Crippen LogP contribution is -2.34. The number of sulfonamides is 2. The van der Waals surface area contributed by atoms with Crippen LogP contribution in [0, 0.1) is 10.1 Å². The van der Waals surface area contributed by atoms with Crippen molar-refractivity contribution < 1.29 is 31.0 Å². The highest BCUT2D eigenvalue weighted by atomic mass is 32.2. The molecule has 152 valence electrons. The Bertz CT molecular complexity index is 1090. The molecule has 2 rings (SSSR count). The number of carbonyl (C=O) groups excluding carboxylic acids is 1. The Morgan fingerprint density at radius 2 is 1.82 bits per heavy atom. The molecule has 0 fully saturated rings. The van der Waals surface area contributed by atoms with E-state index in [4.69, 9.17) is 4.42 Å². The summed E-state index contributed by atoms with van der Waals surface area (Å²) in [7, 11) is -6.66. The van der Waals surface area contributed by atoms with Crippen LogP contribution in [0.1, 0.15) is 10.6 Å². The van der Waals surface area contributed by atoms with Crippen LogP contribution in [0.3, 0.4) is 0 Å². The van der Waals surface area contributed by atoms with Gasteiger partial charge in [0.15, 0.2) is 5.76 Å². The SMILES string of the molecule is CNS(=O)(=O)c1ccc(C(=O)NCCNS(=O)(=O)c2cccc([N+](=O)[O-])c2)o1. The number of carbonyl (C=O) groups is 1. The molecule has 0 bridgehead atoms. The maximum absolute atomic E-state index is 12.1. The van der Waals surface area contributed by atoms with Crippen LogP contribution in [-0.2, 0) is 20.0 Å². The number of hydrogen-bond donors (Lipinski definition) is 3. The smallest absolute Gasteiger partial charge is 0.287 e. The summed E-state index contributed by atoms with van der Waals surface area (Å²) >= 11 is 0. The Kier molecular flexibility index (Phi) is 6.50. The van der Waals surface area contributed by atoms with Crippen LogP contribution < -0.4 is 14.8 Å². The third-order valence-electron chi connectivity index (χ3n) is 3.38. The fraction of sp³-hybridized carbons (Fsp3) is 0.214. The van der Waals surface area contributed by atoms with Gasteiger partial charge in [-0.15, -0.1) is 0 Å². The van der Waals surface area contributed by atoms with E-state index in [0.29, 0.717) is 0 Å². The average molecular weight is 432 g/mol. The molecule has 1 aromatic heterocycles. The van der Waals surface area contributed by atoms with Crippen LogP contribution in [0.15, 0.2) is 50.8 Å². The molecule has 2 aromatic rings. The van der Waals surface area contributed by atoms with E-state index in [0.717, 1.165) is 24.3 Å². The molecule has 1 aromatic carbocycles. The first kappa shape index (κ1) is 21.5. The summed E-state index contributed by atoms with van der Waals surface area (Å²) in [5.74, 6) is -1.01. The van der Waals surface area contributed by atoms with Gasteiger partial charge in [-0.05, 0) is 25.2 Å². The molecule has 1 amide bonds. The minimum absolute atomic E-state index is 0.137. The van der Waals surface area contributed by atoms with Crippen LogP contribution in [0.4, 0.5) is 5.69 Å². The molecule has 0 aliphatic carbocycles. The van der Waals surface area contributed by atoms with Crippen LogP contribution in [0.5, 0.6) is 0 Å². The molecule has 1 heterocycles. The zero-order valence-electron chi connectivity index (χ0n) is 14.4. The van der Waals surface area contributed by atoms with E-state index in [1.165, 1.54) is 19.2 Å². The summed E-state index contributed by atoms with van der Waals surface area (Å²) in [6, 6.07) is 6.76. The molecule has 0 unspecified atom stereocenters. The predicted octanol–water partition coefficient (Wildman–Crippen LogP) is -0.196. The number of rotatable bonds is 9. The van der Waals surface area contributed by atoms with Gasteiger partial charge in [-0.25, -0.2) is 26.3 Å². The highest BCUT2D eigenvalue weighted by molar-refractivity contribution is 7.89. The minimum Gasteiger partial charge on any atom is -0.438 e. The van der Waals surface area contributed by atoms with E-state index in [1.54, 1.807) is 0 Å². The van der Waals surface area contributed by atoms with Gasteiger partial charge in [0, 0.05) is 25.2 Å². The molecule has 14 heteroatoms. The van der Waals surface area contributed by atoms with Crippen molar-refractivity contribution in [3.05, 3.63) is 52.3 Å². The van der Waals surface area contributed by atoms with Gasteiger partial charge in [0.05, 0.1) is 9.82 Å². The molecule has 0 aliphatic rings. The van der Waals surface area contributed by atoms with E-state index >= 15 is 0 Å². The number of non-ortho nitro benzene ring substituents is 1. The van der Waals surface area contributed by atoms with Gasteiger partial charge in [0.1, 0.15) is 0 Å². The molecular formula is C14H16N4O8S2. The van der Waals surface area contributed by atoms with E-state index in [1.807, 2.05) is 4.72 Å². The second-order valence-corrected chi connectivity index (χ2v) is 8.82. The lowest BCUT2D eigenvalue weighted by molar-refractivity contribution is -0.385. The summed E-state index contributed by atoms with van der Waals surface area (Å²) in [6.07, 6.45) is 0. The fourth-order valence-corrected chi connectivity index (χ4v) is 3.70. The predicted molar refractivity (Wildman–Crippen MR) is 95.6 cm³/mol. The standard InChI is InChI=1S/C14H16N4O8S2/c1-15-28(24,25)13-6-5-12(26-13)14(19)16-7-8-17-27(22,23)11-4-2-3-10(9-11)18(20)21/h2-6,9,15,17H,7-8H2,1H3,(H,16,19). The number of hydrogen-bond acceptors (Lipinski definition) is 8. The Hall–Kier alpha value is -2.81. The van der Waals surface area contributed by atoms with Crippen LogP contribution in [-0.4, -0.2) is 47.8 Å². The summed E-state index contributed by atoms with van der Waals surface area (Å²) in [6.45, 7) is -0.346. The van der Waals surface area contributed by atoms with Crippen molar-refractivity contribution in [3.63, 3.8) is 0 Å². The van der Waals surface area contributed by atoms with Crippen molar-refractivity contribution in [2.45, 2.75) is 9.99 Å². The van der Waals surface area contributed by atoms with E-state index < -0.39 is 36.0 Å². The normalized spacial score (nSPS) is 11.9. The molecule has 0 aliphatic heterocycles.